The molecule has 0 radical (unpaired) electrons. The predicted octanol–water partition coefficient (Wildman–Crippen LogP) is 0.125. The highest BCUT2D eigenvalue weighted by molar-refractivity contribution is 5.90. The molecule has 0 spiro atoms. The maximum absolute atomic E-state index is 11.1. The number of nitrogens with zero attached hydrogens (tertiary/aromatic N) is 1. The fourth-order valence-corrected chi connectivity index (χ4v) is 0.929. The van der Waals surface area contributed by atoms with E-state index in [1.54, 1.807) is 12.3 Å². The Labute approximate surface area is 82.3 Å². The van der Waals surface area contributed by atoms with Gasteiger partial charge in [0.1, 0.15) is 12.4 Å². The predicted molar refractivity (Wildman–Crippen MR) is 52.6 cm³/mol. The Morgan fingerprint density at radius 1 is 1.64 bits per heavy atom. The van der Waals surface area contributed by atoms with Crippen LogP contribution in [-0.2, 0) is 16.1 Å². The summed E-state index contributed by atoms with van der Waals surface area (Å²) in [5, 5.41) is 2.58. The molecule has 76 valence electrons. The third kappa shape index (κ3) is 3.12. The standard InChI is InChI=1S/C9H13N3O2/c1-14-6-9(13)12-8-3-2-7(4-10)5-11-8/h2-3,5H,4,6,10H2,1H3,(H,11,12,13). The number of nitrogens with two attached hydrogens (primary N) is 1. The Balaban J connectivity index is 2.55. The van der Waals surface area contributed by atoms with Crippen LogP contribution >= 0.6 is 0 Å². The number of anilines is 1. The van der Waals surface area contributed by atoms with Gasteiger partial charge >= 0.3 is 0 Å². The summed E-state index contributed by atoms with van der Waals surface area (Å²) in [6.07, 6.45) is 1.63. The molecule has 3 N–H and O–H groups in total. The Kier molecular flexibility index (Phi) is 4.03. The SMILES string of the molecule is COCC(=O)Nc1ccc(CN)cn1. The van der Waals surface area contributed by atoms with Gasteiger partial charge in [0, 0.05) is 19.9 Å². The van der Waals surface area contributed by atoms with Crippen LogP contribution in [0.3, 0.4) is 0 Å². The monoisotopic (exact) mass is 195 g/mol. The van der Waals surface area contributed by atoms with E-state index in [0.29, 0.717) is 12.4 Å². The molecule has 1 aromatic heterocycles. The lowest BCUT2D eigenvalue weighted by molar-refractivity contribution is -0.119. The van der Waals surface area contributed by atoms with Gasteiger partial charge in [0.2, 0.25) is 0 Å². The van der Waals surface area contributed by atoms with Crippen molar-refractivity contribution in [2.75, 3.05) is 19.0 Å². The van der Waals surface area contributed by atoms with Crippen LogP contribution in [0.25, 0.3) is 0 Å². The largest absolute Gasteiger partial charge is 0.375 e. The van der Waals surface area contributed by atoms with E-state index in [-0.39, 0.29) is 12.5 Å². The average Bonchev–Trinajstić information content (AvgIpc) is 2.19. The average molecular weight is 195 g/mol. The van der Waals surface area contributed by atoms with Crippen molar-refractivity contribution in [3.05, 3.63) is 23.9 Å². The minimum Gasteiger partial charge on any atom is -0.375 e. The number of ether oxygens (including phenoxy) is 1. The van der Waals surface area contributed by atoms with Gasteiger partial charge in [0.05, 0.1) is 0 Å². The molecule has 1 aromatic rings. The zero-order valence-electron chi connectivity index (χ0n) is 7.99. The number of nitrogens with one attached hydrogen (secondary N) is 1. The lowest BCUT2D eigenvalue weighted by Crippen LogP contribution is -2.17. The molecule has 0 unspecified atom stereocenters. The lowest BCUT2D eigenvalue weighted by Gasteiger charge is -2.03. The number of amides is 1. The minimum absolute atomic E-state index is 0.0281. The van der Waals surface area contributed by atoms with Gasteiger partial charge in [-0.15, -0.1) is 0 Å². The van der Waals surface area contributed by atoms with Gasteiger partial charge in [-0.25, -0.2) is 4.98 Å². The van der Waals surface area contributed by atoms with E-state index < -0.39 is 0 Å². The zero-order chi connectivity index (χ0) is 10.4. The highest BCUT2D eigenvalue weighted by Gasteiger charge is 2.01. The van der Waals surface area contributed by atoms with Gasteiger partial charge in [-0.3, -0.25) is 4.79 Å². The fraction of sp³-hybridized carbons (Fsp3) is 0.333. The van der Waals surface area contributed by atoms with E-state index in [9.17, 15) is 4.79 Å². The first-order valence-electron chi connectivity index (χ1n) is 4.20. The molecular weight excluding hydrogens is 182 g/mol. The van der Waals surface area contributed by atoms with Crippen LogP contribution in [0.1, 0.15) is 5.56 Å². The van der Waals surface area contributed by atoms with E-state index in [0.717, 1.165) is 5.56 Å². The molecule has 0 atom stereocenters. The Morgan fingerprint density at radius 2 is 2.43 bits per heavy atom. The molecule has 0 aliphatic carbocycles. The zero-order valence-corrected chi connectivity index (χ0v) is 7.99. The van der Waals surface area contributed by atoms with Crippen LogP contribution in [0, 0.1) is 0 Å². The van der Waals surface area contributed by atoms with Crippen molar-refractivity contribution in [3.63, 3.8) is 0 Å². The molecule has 1 heterocycles. The van der Waals surface area contributed by atoms with Crippen molar-refractivity contribution in [1.29, 1.82) is 0 Å². The molecule has 5 heteroatoms. The van der Waals surface area contributed by atoms with E-state index in [1.807, 2.05) is 6.07 Å². The fourth-order valence-electron chi connectivity index (χ4n) is 0.929. The summed E-state index contributed by atoms with van der Waals surface area (Å²) in [4.78, 5) is 15.1. The van der Waals surface area contributed by atoms with E-state index in [2.05, 4.69) is 15.0 Å². The molecule has 1 rings (SSSR count). The third-order valence-electron chi connectivity index (χ3n) is 1.60. The third-order valence-corrected chi connectivity index (χ3v) is 1.60. The maximum Gasteiger partial charge on any atom is 0.251 e. The first-order chi connectivity index (χ1) is 6.76. The van der Waals surface area contributed by atoms with Crippen LogP contribution in [0.2, 0.25) is 0 Å². The second-order valence-electron chi connectivity index (χ2n) is 2.74. The van der Waals surface area contributed by atoms with Gasteiger partial charge in [-0.2, -0.15) is 0 Å². The molecule has 0 aromatic carbocycles. The Hall–Kier alpha value is -1.46. The molecule has 0 bridgehead atoms. The number of rotatable bonds is 4. The van der Waals surface area contributed by atoms with E-state index >= 15 is 0 Å². The summed E-state index contributed by atoms with van der Waals surface area (Å²) in [5.74, 6) is 0.282. The van der Waals surface area contributed by atoms with Crippen LogP contribution in [0.4, 0.5) is 5.82 Å². The van der Waals surface area contributed by atoms with E-state index in [4.69, 9.17) is 5.73 Å². The van der Waals surface area contributed by atoms with Crippen molar-refractivity contribution in [3.8, 4) is 0 Å². The number of carbonyl (C=O) groups is 1. The molecule has 1 amide bonds. The van der Waals surface area contributed by atoms with Gasteiger partial charge in [0.25, 0.3) is 5.91 Å². The van der Waals surface area contributed by atoms with Gasteiger partial charge in [-0.05, 0) is 11.6 Å². The summed E-state index contributed by atoms with van der Waals surface area (Å²) < 4.78 is 4.66. The maximum atomic E-state index is 11.1. The van der Waals surface area contributed by atoms with Crippen molar-refractivity contribution in [1.82, 2.24) is 4.98 Å². The van der Waals surface area contributed by atoms with Gasteiger partial charge in [-0.1, -0.05) is 6.07 Å². The van der Waals surface area contributed by atoms with Crippen LogP contribution in [-0.4, -0.2) is 24.6 Å². The number of hydrogen-bond acceptors (Lipinski definition) is 4. The number of methoxy groups -OCH3 is 1. The molecule has 0 saturated carbocycles. The van der Waals surface area contributed by atoms with Gasteiger partial charge < -0.3 is 15.8 Å². The number of aromatic nitrogens is 1. The molecule has 0 saturated heterocycles. The van der Waals surface area contributed by atoms with Crippen molar-refractivity contribution in [2.45, 2.75) is 6.54 Å². The second kappa shape index (κ2) is 5.31. The Morgan fingerprint density at radius 3 is 2.93 bits per heavy atom. The summed E-state index contributed by atoms with van der Waals surface area (Å²) in [5.41, 5.74) is 6.33. The minimum atomic E-state index is -0.222. The topological polar surface area (TPSA) is 77.2 Å². The van der Waals surface area contributed by atoms with Crippen LogP contribution in [0.5, 0.6) is 0 Å². The molecule has 14 heavy (non-hydrogen) atoms. The van der Waals surface area contributed by atoms with Crippen LogP contribution in [0.15, 0.2) is 18.3 Å². The molecule has 0 aliphatic heterocycles. The van der Waals surface area contributed by atoms with Crippen molar-refractivity contribution in [2.24, 2.45) is 5.73 Å². The molecule has 5 nitrogen and oxygen atoms in total. The van der Waals surface area contributed by atoms with Crippen molar-refractivity contribution >= 4 is 11.7 Å². The first kappa shape index (κ1) is 10.6. The lowest BCUT2D eigenvalue weighted by atomic mass is 10.3. The summed E-state index contributed by atoms with van der Waals surface area (Å²) >= 11 is 0. The number of pyridine rings is 1. The van der Waals surface area contributed by atoms with Crippen molar-refractivity contribution < 1.29 is 9.53 Å². The molecular formula is C9H13N3O2. The Bertz CT molecular complexity index is 297. The number of hydrogen-bond donors (Lipinski definition) is 2. The highest BCUT2D eigenvalue weighted by Crippen LogP contribution is 2.03. The summed E-state index contributed by atoms with van der Waals surface area (Å²) in [6.45, 7) is 0.472. The van der Waals surface area contributed by atoms with E-state index in [1.165, 1.54) is 7.11 Å². The summed E-state index contributed by atoms with van der Waals surface area (Å²) in [7, 11) is 1.46. The number of carbonyl (C=O) groups excluding carboxylic acids is 1. The molecule has 0 fully saturated rings. The van der Waals surface area contributed by atoms with Crippen LogP contribution < -0.4 is 11.1 Å². The molecule has 0 aliphatic rings. The van der Waals surface area contributed by atoms with Gasteiger partial charge in [0.15, 0.2) is 0 Å². The smallest absolute Gasteiger partial charge is 0.251 e. The normalized spacial score (nSPS) is 9.86. The second-order valence-corrected chi connectivity index (χ2v) is 2.74. The quantitative estimate of drug-likeness (QED) is 0.715. The first-order valence-corrected chi connectivity index (χ1v) is 4.20. The highest BCUT2D eigenvalue weighted by atomic mass is 16.5. The summed E-state index contributed by atoms with van der Waals surface area (Å²) in [6, 6.07) is 3.52.